The minimum atomic E-state index is -0.0658. The number of benzene rings is 1. The van der Waals surface area contributed by atoms with E-state index in [0.29, 0.717) is 5.69 Å². The fourth-order valence-electron chi connectivity index (χ4n) is 2.17. The van der Waals surface area contributed by atoms with Crippen LogP contribution >= 0.6 is 15.9 Å². The summed E-state index contributed by atoms with van der Waals surface area (Å²) >= 11 is 3.37. The fourth-order valence-corrected chi connectivity index (χ4v) is 2.69. The lowest BCUT2D eigenvalue weighted by atomic mass is 10.0. The number of hydrogen-bond acceptors (Lipinski definition) is 1. The van der Waals surface area contributed by atoms with E-state index in [-0.39, 0.29) is 11.9 Å². The molecule has 0 saturated heterocycles. The Hall–Kier alpha value is -1.55. The van der Waals surface area contributed by atoms with Crippen molar-refractivity contribution in [2.75, 3.05) is 0 Å². The minimum Gasteiger partial charge on any atom is -0.345 e. The molecule has 1 unspecified atom stereocenters. The third-order valence-electron chi connectivity index (χ3n) is 3.21. The number of aryl methyl sites for hydroxylation is 2. The first-order valence-corrected chi connectivity index (χ1v) is 6.96. The summed E-state index contributed by atoms with van der Waals surface area (Å²) in [6.45, 7) is 4.05. The summed E-state index contributed by atoms with van der Waals surface area (Å²) in [5.41, 5.74) is 2.97. The summed E-state index contributed by atoms with van der Waals surface area (Å²) in [7, 11) is 1.86. The Labute approximate surface area is 121 Å². The maximum atomic E-state index is 12.2. The average Bonchev–Trinajstić information content (AvgIpc) is 2.69. The summed E-state index contributed by atoms with van der Waals surface area (Å²) in [4.78, 5) is 12.2. The van der Waals surface area contributed by atoms with Gasteiger partial charge < -0.3 is 9.88 Å². The molecule has 0 saturated carbocycles. The summed E-state index contributed by atoms with van der Waals surface area (Å²) < 4.78 is 2.72. The molecule has 19 heavy (non-hydrogen) atoms. The zero-order chi connectivity index (χ0) is 14.0. The predicted molar refractivity (Wildman–Crippen MR) is 80.2 cm³/mol. The van der Waals surface area contributed by atoms with Crippen molar-refractivity contribution < 1.29 is 4.79 Å². The van der Waals surface area contributed by atoms with Gasteiger partial charge in [-0.3, -0.25) is 4.79 Å². The number of carbonyl (C=O) groups is 1. The molecule has 0 fully saturated rings. The second-order valence-corrected chi connectivity index (χ2v) is 5.62. The SMILES string of the molecule is Cc1ccccc1C(C)NC(=O)c1cc(Br)cn1C. The third kappa shape index (κ3) is 3.07. The van der Waals surface area contributed by atoms with Gasteiger partial charge in [0.25, 0.3) is 5.91 Å². The maximum absolute atomic E-state index is 12.2. The van der Waals surface area contributed by atoms with Crippen LogP contribution in [-0.4, -0.2) is 10.5 Å². The highest BCUT2D eigenvalue weighted by molar-refractivity contribution is 9.10. The molecule has 2 aromatic rings. The molecular formula is C15H17BrN2O. The van der Waals surface area contributed by atoms with Crippen LogP contribution in [0.1, 0.15) is 34.6 Å². The van der Waals surface area contributed by atoms with Gasteiger partial charge >= 0.3 is 0 Å². The molecule has 1 aromatic carbocycles. The van der Waals surface area contributed by atoms with Gasteiger partial charge in [0.1, 0.15) is 5.69 Å². The van der Waals surface area contributed by atoms with Gasteiger partial charge in [-0.15, -0.1) is 0 Å². The van der Waals surface area contributed by atoms with Gasteiger partial charge in [0.15, 0.2) is 0 Å². The van der Waals surface area contributed by atoms with Crippen LogP contribution in [0, 0.1) is 6.92 Å². The predicted octanol–water partition coefficient (Wildman–Crippen LogP) is 3.59. The number of nitrogens with zero attached hydrogens (tertiary/aromatic N) is 1. The van der Waals surface area contributed by atoms with E-state index in [9.17, 15) is 4.79 Å². The standard InChI is InChI=1S/C15H17BrN2O/c1-10-6-4-5-7-13(10)11(2)17-15(19)14-8-12(16)9-18(14)3/h4-9,11H,1-3H3,(H,17,19). The van der Waals surface area contributed by atoms with E-state index in [1.807, 2.05) is 49.0 Å². The van der Waals surface area contributed by atoms with E-state index in [4.69, 9.17) is 0 Å². The monoisotopic (exact) mass is 320 g/mol. The second-order valence-electron chi connectivity index (χ2n) is 4.71. The van der Waals surface area contributed by atoms with Crippen molar-refractivity contribution in [2.24, 2.45) is 7.05 Å². The first-order chi connectivity index (χ1) is 8.99. The molecule has 1 heterocycles. The van der Waals surface area contributed by atoms with Gasteiger partial charge in [0.2, 0.25) is 0 Å². The Morgan fingerprint density at radius 3 is 2.63 bits per heavy atom. The lowest BCUT2D eigenvalue weighted by Gasteiger charge is -2.16. The Kier molecular flexibility index (Phi) is 4.10. The van der Waals surface area contributed by atoms with E-state index >= 15 is 0 Å². The zero-order valence-electron chi connectivity index (χ0n) is 11.3. The van der Waals surface area contributed by atoms with E-state index in [1.165, 1.54) is 5.56 Å². The van der Waals surface area contributed by atoms with Crippen LogP contribution in [0.3, 0.4) is 0 Å². The summed E-state index contributed by atoms with van der Waals surface area (Å²) in [5.74, 6) is -0.0658. The van der Waals surface area contributed by atoms with Gasteiger partial charge in [-0.05, 0) is 47.0 Å². The van der Waals surface area contributed by atoms with E-state index in [0.717, 1.165) is 10.0 Å². The number of halogens is 1. The molecule has 0 aliphatic rings. The fraction of sp³-hybridized carbons (Fsp3) is 0.267. The largest absolute Gasteiger partial charge is 0.345 e. The van der Waals surface area contributed by atoms with Gasteiger partial charge in [-0.2, -0.15) is 0 Å². The quantitative estimate of drug-likeness (QED) is 0.921. The molecule has 0 aliphatic carbocycles. The highest BCUT2D eigenvalue weighted by Gasteiger charge is 2.15. The van der Waals surface area contributed by atoms with Crippen LogP contribution in [0.15, 0.2) is 41.0 Å². The van der Waals surface area contributed by atoms with Gasteiger partial charge in [-0.25, -0.2) is 0 Å². The van der Waals surface area contributed by atoms with E-state index in [2.05, 4.69) is 34.2 Å². The molecule has 1 amide bonds. The first kappa shape index (κ1) is 13.9. The highest BCUT2D eigenvalue weighted by Crippen LogP contribution is 2.18. The number of nitrogens with one attached hydrogen (secondary N) is 1. The van der Waals surface area contributed by atoms with Crippen molar-refractivity contribution in [1.82, 2.24) is 9.88 Å². The topological polar surface area (TPSA) is 34.0 Å². The number of rotatable bonds is 3. The molecule has 4 heteroatoms. The minimum absolute atomic E-state index is 0.0117. The van der Waals surface area contributed by atoms with Crippen molar-refractivity contribution >= 4 is 21.8 Å². The van der Waals surface area contributed by atoms with Gasteiger partial charge in [-0.1, -0.05) is 24.3 Å². The lowest BCUT2D eigenvalue weighted by molar-refractivity contribution is 0.0931. The Balaban J connectivity index is 2.15. The maximum Gasteiger partial charge on any atom is 0.268 e. The summed E-state index contributed by atoms with van der Waals surface area (Å²) in [6, 6.07) is 9.90. The second kappa shape index (κ2) is 5.61. The Morgan fingerprint density at radius 2 is 2.05 bits per heavy atom. The molecule has 100 valence electrons. The van der Waals surface area contributed by atoms with E-state index < -0.39 is 0 Å². The van der Waals surface area contributed by atoms with Crippen LogP contribution in [0.2, 0.25) is 0 Å². The molecule has 0 radical (unpaired) electrons. The summed E-state index contributed by atoms with van der Waals surface area (Å²) in [5, 5.41) is 3.03. The number of carbonyl (C=O) groups excluding carboxylic acids is 1. The zero-order valence-corrected chi connectivity index (χ0v) is 12.9. The van der Waals surface area contributed by atoms with Gasteiger partial charge in [0, 0.05) is 17.7 Å². The van der Waals surface area contributed by atoms with Crippen molar-refractivity contribution in [3.8, 4) is 0 Å². The van der Waals surface area contributed by atoms with Crippen molar-refractivity contribution in [3.05, 3.63) is 57.8 Å². The summed E-state index contributed by atoms with van der Waals surface area (Å²) in [6.07, 6.45) is 1.87. The smallest absolute Gasteiger partial charge is 0.268 e. The van der Waals surface area contributed by atoms with Crippen molar-refractivity contribution in [1.29, 1.82) is 0 Å². The van der Waals surface area contributed by atoms with Crippen molar-refractivity contribution in [3.63, 3.8) is 0 Å². The van der Waals surface area contributed by atoms with Crippen LogP contribution in [0.25, 0.3) is 0 Å². The first-order valence-electron chi connectivity index (χ1n) is 6.17. The molecule has 2 rings (SSSR count). The van der Waals surface area contributed by atoms with Crippen LogP contribution in [0.4, 0.5) is 0 Å². The van der Waals surface area contributed by atoms with Crippen molar-refractivity contribution in [2.45, 2.75) is 19.9 Å². The molecule has 0 spiro atoms. The lowest BCUT2D eigenvalue weighted by Crippen LogP contribution is -2.28. The Bertz CT molecular complexity index is 604. The molecular weight excluding hydrogens is 304 g/mol. The molecule has 1 N–H and O–H groups in total. The normalized spacial score (nSPS) is 12.2. The molecule has 3 nitrogen and oxygen atoms in total. The molecule has 0 aliphatic heterocycles. The highest BCUT2D eigenvalue weighted by atomic mass is 79.9. The van der Waals surface area contributed by atoms with Crippen LogP contribution in [-0.2, 0) is 7.05 Å². The van der Waals surface area contributed by atoms with Gasteiger partial charge in [0.05, 0.1) is 6.04 Å². The molecule has 0 bridgehead atoms. The van der Waals surface area contributed by atoms with Crippen LogP contribution in [0.5, 0.6) is 0 Å². The van der Waals surface area contributed by atoms with E-state index in [1.54, 1.807) is 0 Å². The molecule has 1 atom stereocenters. The molecule has 1 aromatic heterocycles. The Morgan fingerprint density at radius 1 is 1.37 bits per heavy atom. The third-order valence-corrected chi connectivity index (χ3v) is 3.64. The number of amides is 1. The van der Waals surface area contributed by atoms with Crippen LogP contribution < -0.4 is 5.32 Å². The number of hydrogen-bond donors (Lipinski definition) is 1. The number of aromatic nitrogens is 1. The average molecular weight is 321 g/mol.